The monoisotopic (exact) mass is 415 g/mol. The predicted octanol–water partition coefficient (Wildman–Crippen LogP) is 3.70. The molecule has 1 spiro atoms. The van der Waals surface area contributed by atoms with Crippen LogP contribution >= 0.6 is 12.4 Å². The van der Waals surface area contributed by atoms with Gasteiger partial charge in [-0.25, -0.2) is 0 Å². The molecule has 1 saturated carbocycles. The highest BCUT2D eigenvalue weighted by Gasteiger charge is 2.57. The Morgan fingerprint density at radius 3 is 2.41 bits per heavy atom. The van der Waals surface area contributed by atoms with E-state index in [0.29, 0.717) is 16.9 Å². The molecule has 2 aliphatic rings. The van der Waals surface area contributed by atoms with Crippen molar-refractivity contribution in [3.05, 3.63) is 54.1 Å². The smallest absolute Gasteiger partial charge is 0.257 e. The normalized spacial score (nSPS) is 19.0. The number of halogens is 1. The van der Waals surface area contributed by atoms with Crippen LogP contribution in [0, 0.1) is 11.3 Å². The summed E-state index contributed by atoms with van der Waals surface area (Å²) in [4.78, 5) is 25.5. The first-order chi connectivity index (χ1) is 13.6. The first-order valence-electron chi connectivity index (χ1n) is 9.67. The summed E-state index contributed by atoms with van der Waals surface area (Å²) in [6.07, 6.45) is 3.04. The van der Waals surface area contributed by atoms with Gasteiger partial charge in [0.15, 0.2) is 0 Å². The molecule has 1 saturated heterocycles. The van der Waals surface area contributed by atoms with Gasteiger partial charge in [-0.1, -0.05) is 12.1 Å². The van der Waals surface area contributed by atoms with E-state index in [4.69, 9.17) is 4.74 Å². The minimum Gasteiger partial charge on any atom is -0.497 e. The molecule has 1 aliphatic carbocycles. The number of hydrogen-bond acceptors (Lipinski definition) is 4. The molecule has 0 aromatic heterocycles. The molecule has 29 heavy (non-hydrogen) atoms. The van der Waals surface area contributed by atoms with Gasteiger partial charge in [0.25, 0.3) is 5.91 Å². The highest BCUT2D eigenvalue weighted by atomic mass is 35.5. The van der Waals surface area contributed by atoms with Crippen molar-refractivity contribution < 1.29 is 14.3 Å². The van der Waals surface area contributed by atoms with E-state index in [0.717, 1.165) is 38.1 Å². The van der Waals surface area contributed by atoms with Crippen LogP contribution in [-0.4, -0.2) is 32.0 Å². The maximum Gasteiger partial charge on any atom is 0.257 e. The van der Waals surface area contributed by atoms with Gasteiger partial charge in [-0.2, -0.15) is 0 Å². The van der Waals surface area contributed by atoms with Gasteiger partial charge < -0.3 is 20.7 Å². The summed E-state index contributed by atoms with van der Waals surface area (Å²) >= 11 is 0. The molecule has 2 fully saturated rings. The van der Waals surface area contributed by atoms with Crippen molar-refractivity contribution in [2.75, 3.05) is 30.8 Å². The van der Waals surface area contributed by atoms with Crippen molar-refractivity contribution in [2.45, 2.75) is 19.3 Å². The van der Waals surface area contributed by atoms with Gasteiger partial charge in [0.1, 0.15) is 5.75 Å². The number of carbonyl (C=O) groups excluding carboxylic acids is 2. The van der Waals surface area contributed by atoms with Gasteiger partial charge in [0.05, 0.1) is 18.4 Å². The van der Waals surface area contributed by atoms with E-state index in [-0.39, 0.29) is 35.6 Å². The second-order valence-corrected chi connectivity index (χ2v) is 7.59. The summed E-state index contributed by atoms with van der Waals surface area (Å²) in [6.45, 7) is 1.95. The minimum absolute atomic E-state index is 0. The van der Waals surface area contributed by atoms with Crippen molar-refractivity contribution in [1.29, 1.82) is 0 Å². The van der Waals surface area contributed by atoms with Crippen LogP contribution in [0.4, 0.5) is 11.4 Å². The van der Waals surface area contributed by atoms with Crippen LogP contribution in [0.25, 0.3) is 0 Å². The molecule has 4 rings (SSSR count). The molecule has 6 nitrogen and oxygen atoms in total. The van der Waals surface area contributed by atoms with Crippen molar-refractivity contribution in [3.8, 4) is 5.75 Å². The second kappa shape index (κ2) is 8.84. The number of amides is 2. The van der Waals surface area contributed by atoms with Gasteiger partial charge in [-0.05, 0) is 74.2 Å². The maximum atomic E-state index is 12.8. The molecule has 1 aliphatic heterocycles. The lowest BCUT2D eigenvalue weighted by Gasteiger charge is -2.23. The number of carbonyl (C=O) groups is 2. The molecular weight excluding hydrogens is 390 g/mol. The molecule has 1 unspecified atom stereocenters. The Labute approximate surface area is 176 Å². The lowest BCUT2D eigenvalue weighted by Crippen LogP contribution is -2.31. The topological polar surface area (TPSA) is 79.5 Å². The molecule has 1 heterocycles. The predicted molar refractivity (Wildman–Crippen MR) is 116 cm³/mol. The molecule has 154 valence electrons. The van der Waals surface area contributed by atoms with Gasteiger partial charge in [-0.15, -0.1) is 12.4 Å². The number of methoxy groups -OCH3 is 1. The number of benzene rings is 2. The lowest BCUT2D eigenvalue weighted by atomic mass is 9.91. The van der Waals surface area contributed by atoms with E-state index >= 15 is 0 Å². The summed E-state index contributed by atoms with van der Waals surface area (Å²) in [5, 5.41) is 9.21. The molecule has 2 aromatic rings. The second-order valence-electron chi connectivity index (χ2n) is 7.59. The average Bonchev–Trinajstić information content (AvgIpc) is 3.42. The highest BCUT2D eigenvalue weighted by Crippen LogP contribution is 2.58. The van der Waals surface area contributed by atoms with Crippen molar-refractivity contribution in [2.24, 2.45) is 11.3 Å². The molecule has 7 heteroatoms. The number of rotatable bonds is 5. The third-order valence-corrected chi connectivity index (χ3v) is 5.88. The zero-order chi connectivity index (χ0) is 19.6. The van der Waals surface area contributed by atoms with Gasteiger partial charge >= 0.3 is 0 Å². The van der Waals surface area contributed by atoms with Gasteiger partial charge in [-0.3, -0.25) is 9.59 Å². The van der Waals surface area contributed by atoms with Gasteiger partial charge in [0.2, 0.25) is 5.91 Å². The molecule has 2 amide bonds. The fourth-order valence-electron chi connectivity index (χ4n) is 4.08. The fourth-order valence-corrected chi connectivity index (χ4v) is 4.08. The van der Waals surface area contributed by atoms with Crippen molar-refractivity contribution in [3.63, 3.8) is 0 Å². The Kier molecular flexibility index (Phi) is 6.45. The fraction of sp³-hybridized carbons (Fsp3) is 0.364. The van der Waals surface area contributed by atoms with Crippen LogP contribution in [-0.2, 0) is 4.79 Å². The number of para-hydroxylation sites is 1. The first kappa shape index (κ1) is 21.1. The molecule has 3 N–H and O–H groups in total. The van der Waals surface area contributed by atoms with E-state index < -0.39 is 0 Å². The van der Waals surface area contributed by atoms with E-state index in [1.807, 2.05) is 6.07 Å². The van der Waals surface area contributed by atoms with Crippen LogP contribution in [0.3, 0.4) is 0 Å². The quantitative estimate of drug-likeness (QED) is 0.695. The highest BCUT2D eigenvalue weighted by molar-refractivity contribution is 6.10. The summed E-state index contributed by atoms with van der Waals surface area (Å²) in [5.41, 5.74) is 1.83. The largest absolute Gasteiger partial charge is 0.497 e. The van der Waals surface area contributed by atoms with E-state index in [1.54, 1.807) is 49.6 Å². The van der Waals surface area contributed by atoms with Crippen molar-refractivity contribution >= 4 is 35.6 Å². The third-order valence-electron chi connectivity index (χ3n) is 5.88. The summed E-state index contributed by atoms with van der Waals surface area (Å²) < 4.78 is 5.13. The van der Waals surface area contributed by atoms with Crippen LogP contribution in [0.5, 0.6) is 5.75 Å². The molecular formula is C22H26ClN3O3. The number of hydrogen-bond donors (Lipinski definition) is 3. The van der Waals surface area contributed by atoms with Crippen LogP contribution in [0.1, 0.15) is 29.6 Å². The van der Waals surface area contributed by atoms with Crippen LogP contribution < -0.4 is 20.7 Å². The third kappa shape index (κ3) is 4.54. The average molecular weight is 416 g/mol. The first-order valence-corrected chi connectivity index (χ1v) is 9.67. The van der Waals surface area contributed by atoms with Crippen LogP contribution in [0.15, 0.2) is 48.5 Å². The summed E-state index contributed by atoms with van der Waals surface area (Å²) in [5.74, 6) is 0.536. The zero-order valence-electron chi connectivity index (χ0n) is 16.4. The van der Waals surface area contributed by atoms with Crippen molar-refractivity contribution in [1.82, 2.24) is 5.32 Å². The van der Waals surface area contributed by atoms with E-state index in [2.05, 4.69) is 16.0 Å². The molecule has 2 aromatic carbocycles. The Bertz CT molecular complexity index is 879. The number of nitrogens with one attached hydrogen (secondary N) is 3. The molecule has 0 bridgehead atoms. The minimum atomic E-state index is -0.256. The van der Waals surface area contributed by atoms with E-state index in [9.17, 15) is 9.59 Å². The van der Waals surface area contributed by atoms with Crippen LogP contribution in [0.2, 0.25) is 0 Å². The summed E-state index contributed by atoms with van der Waals surface area (Å²) in [6, 6.07) is 14.3. The molecule has 1 atom stereocenters. The Hall–Kier alpha value is -2.57. The summed E-state index contributed by atoms with van der Waals surface area (Å²) in [7, 11) is 1.60. The van der Waals surface area contributed by atoms with Gasteiger partial charge in [0, 0.05) is 11.6 Å². The zero-order valence-corrected chi connectivity index (χ0v) is 17.2. The maximum absolute atomic E-state index is 12.8. The number of ether oxygens (including phenoxy) is 1. The Balaban J connectivity index is 0.00000240. The SMILES string of the molecule is COc1ccc(NC(=O)c2ccccc2NC(=O)C2CC23CCNCC3)cc1.Cl. The Morgan fingerprint density at radius 2 is 1.72 bits per heavy atom. The number of anilines is 2. The van der Waals surface area contributed by atoms with E-state index in [1.165, 1.54) is 0 Å². The Morgan fingerprint density at radius 1 is 1.03 bits per heavy atom. The lowest BCUT2D eigenvalue weighted by molar-refractivity contribution is -0.118. The standard InChI is InChI=1S/C22H25N3O3.ClH/c1-28-16-8-6-15(7-9-16)24-20(26)17-4-2-3-5-19(17)25-21(27)18-14-22(18)10-12-23-13-11-22;/h2-9,18,23H,10-14H2,1H3,(H,24,26)(H,25,27);1H. The molecule has 0 radical (unpaired) electrons. The number of piperidine rings is 1.